The van der Waals surface area contributed by atoms with Crippen molar-refractivity contribution in [2.45, 2.75) is 52.7 Å². The SMILES string of the molecule is CCN(c1cc(-c2ccc(CN3CCOCC3)cc2)cc(C(=O)NCc2c(OC)cc(C)c[n+]2O)c1C)C1CCOCC1. The van der Waals surface area contributed by atoms with Crippen molar-refractivity contribution in [3.63, 3.8) is 0 Å². The first-order chi connectivity index (χ1) is 20.9. The van der Waals surface area contributed by atoms with E-state index in [0.29, 0.717) is 23.0 Å². The van der Waals surface area contributed by atoms with E-state index in [9.17, 15) is 10.0 Å². The van der Waals surface area contributed by atoms with Gasteiger partial charge in [0, 0.05) is 67.0 Å². The Bertz CT molecular complexity index is 1400. The molecule has 1 amide bonds. The van der Waals surface area contributed by atoms with Crippen LogP contribution in [-0.2, 0) is 22.6 Å². The molecule has 2 saturated heterocycles. The quantitative estimate of drug-likeness (QED) is 0.270. The summed E-state index contributed by atoms with van der Waals surface area (Å²) in [6, 6.07) is 15.1. The minimum Gasteiger partial charge on any atom is -0.490 e. The first-order valence-corrected chi connectivity index (χ1v) is 15.3. The maximum atomic E-state index is 13.8. The summed E-state index contributed by atoms with van der Waals surface area (Å²) in [5, 5.41) is 13.5. The smallest absolute Gasteiger partial charge is 0.294 e. The number of methoxy groups -OCH3 is 1. The summed E-state index contributed by atoms with van der Waals surface area (Å²) < 4.78 is 17.7. The summed E-state index contributed by atoms with van der Waals surface area (Å²) in [7, 11) is 1.56. The number of rotatable bonds is 10. The van der Waals surface area contributed by atoms with Crippen LogP contribution >= 0.6 is 0 Å². The molecule has 0 radical (unpaired) electrons. The average Bonchev–Trinajstić information content (AvgIpc) is 3.02. The second kappa shape index (κ2) is 14.2. The second-order valence-electron chi connectivity index (χ2n) is 11.4. The zero-order chi connectivity index (χ0) is 30.3. The lowest BCUT2D eigenvalue weighted by atomic mass is 9.94. The number of hydrogen-bond acceptors (Lipinski definition) is 7. The summed E-state index contributed by atoms with van der Waals surface area (Å²) in [4.78, 5) is 18.7. The summed E-state index contributed by atoms with van der Waals surface area (Å²) in [6.45, 7) is 12.9. The Morgan fingerprint density at radius 2 is 1.74 bits per heavy atom. The predicted molar refractivity (Wildman–Crippen MR) is 166 cm³/mol. The van der Waals surface area contributed by atoms with Gasteiger partial charge in [0.05, 0.1) is 20.3 Å². The van der Waals surface area contributed by atoms with E-state index in [1.165, 1.54) is 5.56 Å². The largest absolute Gasteiger partial charge is 0.490 e. The lowest BCUT2D eigenvalue weighted by Gasteiger charge is -2.37. The van der Waals surface area contributed by atoms with Gasteiger partial charge in [0.2, 0.25) is 6.20 Å². The summed E-state index contributed by atoms with van der Waals surface area (Å²) in [5.41, 5.74) is 7.28. The summed E-state index contributed by atoms with van der Waals surface area (Å²) in [5.74, 6) is 0.318. The van der Waals surface area contributed by atoms with Crippen LogP contribution in [0.2, 0.25) is 0 Å². The standard InChI is InChI=1S/C34H44N4O5/c1-5-37(29-10-14-42-15-11-29)31-20-28(27-8-6-26(7-9-27)23-36-12-16-43-17-13-36)19-30(25(31)3)34(39)35-21-32-33(41-4)18-24(2)22-38(32)40/h6-9,18-20,22,29H,5,10-17,21,23H2,1-4H3,(H-,35,39,40)/p+1. The molecule has 0 atom stereocenters. The Balaban J connectivity index is 1.46. The predicted octanol–water partition coefficient (Wildman–Crippen LogP) is 4.27. The van der Waals surface area contributed by atoms with E-state index in [2.05, 4.69) is 52.4 Å². The van der Waals surface area contributed by atoms with Gasteiger partial charge in [0.15, 0.2) is 5.75 Å². The molecule has 1 aromatic heterocycles. The van der Waals surface area contributed by atoms with E-state index < -0.39 is 0 Å². The molecule has 5 rings (SSSR count). The fraction of sp³-hybridized carbons (Fsp3) is 0.471. The molecule has 9 nitrogen and oxygen atoms in total. The number of amides is 1. The third-order valence-electron chi connectivity index (χ3n) is 8.59. The van der Waals surface area contributed by atoms with Crippen molar-refractivity contribution < 1.29 is 28.9 Å². The first kappa shape index (κ1) is 30.8. The van der Waals surface area contributed by atoms with Gasteiger partial charge in [0.25, 0.3) is 11.6 Å². The first-order valence-electron chi connectivity index (χ1n) is 15.3. The number of carbonyl (C=O) groups is 1. The highest BCUT2D eigenvalue weighted by atomic mass is 16.5. The van der Waals surface area contributed by atoms with Gasteiger partial charge in [-0.2, -0.15) is 0 Å². The molecule has 0 unspecified atom stereocenters. The highest BCUT2D eigenvalue weighted by Crippen LogP contribution is 2.34. The van der Waals surface area contributed by atoms with Crippen LogP contribution in [0.4, 0.5) is 5.69 Å². The van der Waals surface area contributed by atoms with Gasteiger partial charge in [-0.15, -0.1) is 0 Å². The van der Waals surface area contributed by atoms with E-state index in [1.54, 1.807) is 13.3 Å². The number of nitrogens with zero attached hydrogens (tertiary/aromatic N) is 3. The Labute approximate surface area is 254 Å². The number of ether oxygens (including phenoxy) is 3. The van der Waals surface area contributed by atoms with Crippen LogP contribution < -0.4 is 19.7 Å². The highest BCUT2D eigenvalue weighted by Gasteiger charge is 2.26. The Hall–Kier alpha value is -3.66. The third-order valence-corrected chi connectivity index (χ3v) is 8.59. The Kier molecular flexibility index (Phi) is 10.2. The van der Waals surface area contributed by atoms with Crippen LogP contribution in [0.1, 0.15) is 52.5 Å². The van der Waals surface area contributed by atoms with Gasteiger partial charge in [0.1, 0.15) is 6.54 Å². The van der Waals surface area contributed by atoms with Crippen molar-refractivity contribution in [2.24, 2.45) is 0 Å². The number of pyridine rings is 1. The summed E-state index contributed by atoms with van der Waals surface area (Å²) in [6.07, 6.45) is 3.52. The average molecular weight is 590 g/mol. The molecule has 2 aliphatic rings. The van der Waals surface area contributed by atoms with Crippen molar-refractivity contribution in [3.8, 4) is 16.9 Å². The molecule has 2 fully saturated rings. The number of benzene rings is 2. The van der Waals surface area contributed by atoms with E-state index in [4.69, 9.17) is 14.2 Å². The molecule has 0 aliphatic carbocycles. The molecule has 0 saturated carbocycles. The molecule has 9 heteroatoms. The van der Waals surface area contributed by atoms with Gasteiger partial charge < -0.3 is 24.4 Å². The van der Waals surface area contributed by atoms with Gasteiger partial charge >= 0.3 is 0 Å². The van der Waals surface area contributed by atoms with Crippen LogP contribution in [0.25, 0.3) is 11.1 Å². The minimum atomic E-state index is -0.199. The molecule has 3 heterocycles. The molecular formula is C34H45N4O5+. The van der Waals surface area contributed by atoms with E-state index in [0.717, 1.165) is 98.1 Å². The van der Waals surface area contributed by atoms with Gasteiger partial charge in [-0.3, -0.25) is 14.9 Å². The zero-order valence-corrected chi connectivity index (χ0v) is 25.9. The monoisotopic (exact) mass is 589 g/mol. The maximum Gasteiger partial charge on any atom is 0.294 e. The molecule has 0 bridgehead atoms. The van der Waals surface area contributed by atoms with Crippen LogP contribution in [0.15, 0.2) is 48.7 Å². The van der Waals surface area contributed by atoms with Crippen molar-refractivity contribution in [1.82, 2.24) is 10.2 Å². The molecule has 2 aliphatic heterocycles. The van der Waals surface area contributed by atoms with Gasteiger partial charge in [-0.05, 0) is 74.1 Å². The molecule has 230 valence electrons. The third kappa shape index (κ3) is 7.29. The number of aromatic nitrogens is 1. The zero-order valence-electron chi connectivity index (χ0n) is 25.9. The molecule has 2 N–H and O–H groups in total. The number of nitrogens with one attached hydrogen (secondary N) is 1. The van der Waals surface area contributed by atoms with E-state index >= 15 is 0 Å². The maximum absolute atomic E-state index is 13.8. The van der Waals surface area contributed by atoms with Crippen molar-refractivity contribution >= 4 is 11.6 Å². The number of aryl methyl sites for hydroxylation is 1. The number of hydrogen-bond donors (Lipinski definition) is 2. The normalized spacial score (nSPS) is 16.2. The molecule has 43 heavy (non-hydrogen) atoms. The van der Waals surface area contributed by atoms with Crippen molar-refractivity contribution in [1.29, 1.82) is 0 Å². The van der Waals surface area contributed by atoms with Crippen LogP contribution in [0, 0.1) is 13.8 Å². The van der Waals surface area contributed by atoms with Crippen molar-refractivity contribution in [3.05, 3.63) is 76.6 Å². The van der Waals surface area contributed by atoms with E-state index in [1.807, 2.05) is 26.0 Å². The van der Waals surface area contributed by atoms with Crippen molar-refractivity contribution in [2.75, 3.05) is 58.1 Å². The topological polar surface area (TPSA) is 87.4 Å². The second-order valence-corrected chi connectivity index (χ2v) is 11.4. The van der Waals surface area contributed by atoms with Gasteiger partial charge in [-0.1, -0.05) is 24.3 Å². The lowest BCUT2D eigenvalue weighted by molar-refractivity contribution is -0.910. The van der Waals surface area contributed by atoms with Gasteiger partial charge in [-0.25, -0.2) is 0 Å². The fourth-order valence-electron chi connectivity index (χ4n) is 6.16. The summed E-state index contributed by atoms with van der Waals surface area (Å²) >= 11 is 0. The highest BCUT2D eigenvalue weighted by molar-refractivity contribution is 5.99. The molecular weight excluding hydrogens is 544 g/mol. The molecule has 3 aromatic rings. The number of anilines is 1. The Morgan fingerprint density at radius 1 is 1.05 bits per heavy atom. The molecule has 0 spiro atoms. The number of morpholine rings is 1. The van der Waals surface area contributed by atoms with Crippen LogP contribution in [0.3, 0.4) is 0 Å². The van der Waals surface area contributed by atoms with Crippen LogP contribution in [-0.4, -0.2) is 75.2 Å². The lowest BCUT2D eigenvalue weighted by Crippen LogP contribution is -2.40. The molecule has 2 aromatic carbocycles. The van der Waals surface area contributed by atoms with E-state index in [-0.39, 0.29) is 12.5 Å². The Morgan fingerprint density at radius 3 is 2.42 bits per heavy atom. The fourth-order valence-corrected chi connectivity index (χ4v) is 6.16. The number of carbonyl (C=O) groups excluding carboxylic acids is 1. The van der Waals surface area contributed by atoms with Crippen LogP contribution in [0.5, 0.6) is 5.75 Å². The minimum absolute atomic E-state index is 0.117.